The third-order valence-electron chi connectivity index (χ3n) is 3.38. The lowest BCUT2D eigenvalue weighted by atomic mass is 10.2. The van der Waals surface area contributed by atoms with E-state index in [1.807, 2.05) is 30.0 Å². The zero-order valence-electron chi connectivity index (χ0n) is 12.4. The molecule has 0 aliphatic carbocycles. The summed E-state index contributed by atoms with van der Waals surface area (Å²) in [6, 6.07) is 10.1. The summed E-state index contributed by atoms with van der Waals surface area (Å²) in [5.74, 6) is 0.497. The van der Waals surface area contributed by atoms with Crippen LogP contribution in [-0.2, 0) is 13.1 Å². The van der Waals surface area contributed by atoms with Gasteiger partial charge in [0.15, 0.2) is 5.82 Å². The van der Waals surface area contributed by atoms with Gasteiger partial charge in [-0.3, -0.25) is 4.79 Å². The van der Waals surface area contributed by atoms with Gasteiger partial charge in [-0.1, -0.05) is 30.3 Å². The Bertz CT molecular complexity index is 609. The van der Waals surface area contributed by atoms with Crippen LogP contribution in [0.4, 0.5) is 5.82 Å². The number of nitrogens with two attached hydrogens (primary N) is 1. The first-order valence-electron chi connectivity index (χ1n) is 7.30. The fraction of sp³-hybridized carbons (Fsp3) is 0.375. The molecule has 2 aromatic rings. The average molecular weight is 286 g/mol. The lowest BCUT2D eigenvalue weighted by molar-refractivity contribution is 0.680. The number of aromatic nitrogens is 2. The van der Waals surface area contributed by atoms with Crippen LogP contribution in [0.25, 0.3) is 0 Å². The van der Waals surface area contributed by atoms with Crippen molar-refractivity contribution in [3.8, 4) is 0 Å². The van der Waals surface area contributed by atoms with Crippen LogP contribution in [0.5, 0.6) is 0 Å². The number of benzene rings is 1. The molecule has 0 spiro atoms. The van der Waals surface area contributed by atoms with Crippen LogP contribution in [0.3, 0.4) is 0 Å². The molecule has 2 rings (SSSR count). The summed E-state index contributed by atoms with van der Waals surface area (Å²) < 4.78 is 1.67. The molecule has 1 aromatic carbocycles. The SMILES string of the molecule is CCn1ccnc(N(CCCN)Cc2ccccc2)c1=O. The topological polar surface area (TPSA) is 64.2 Å². The van der Waals surface area contributed by atoms with E-state index in [1.165, 1.54) is 0 Å². The maximum atomic E-state index is 12.4. The number of rotatable bonds is 7. The first-order valence-corrected chi connectivity index (χ1v) is 7.30. The number of nitrogens with zero attached hydrogens (tertiary/aromatic N) is 3. The van der Waals surface area contributed by atoms with E-state index in [2.05, 4.69) is 17.1 Å². The molecular weight excluding hydrogens is 264 g/mol. The average Bonchev–Trinajstić information content (AvgIpc) is 2.53. The lowest BCUT2D eigenvalue weighted by Gasteiger charge is -2.23. The van der Waals surface area contributed by atoms with Crippen molar-refractivity contribution in [2.24, 2.45) is 5.73 Å². The van der Waals surface area contributed by atoms with E-state index in [1.54, 1.807) is 17.0 Å². The molecule has 0 aliphatic heterocycles. The first-order chi connectivity index (χ1) is 10.3. The minimum Gasteiger partial charge on any atom is -0.348 e. The smallest absolute Gasteiger partial charge is 0.293 e. The molecule has 21 heavy (non-hydrogen) atoms. The van der Waals surface area contributed by atoms with Gasteiger partial charge in [0.2, 0.25) is 0 Å². The van der Waals surface area contributed by atoms with Crippen molar-refractivity contribution in [1.82, 2.24) is 9.55 Å². The van der Waals surface area contributed by atoms with Gasteiger partial charge in [0.1, 0.15) is 0 Å². The number of anilines is 1. The van der Waals surface area contributed by atoms with Gasteiger partial charge in [0, 0.05) is 32.0 Å². The van der Waals surface area contributed by atoms with Gasteiger partial charge in [-0.15, -0.1) is 0 Å². The molecule has 5 heteroatoms. The largest absolute Gasteiger partial charge is 0.348 e. The van der Waals surface area contributed by atoms with Crippen molar-refractivity contribution in [3.05, 3.63) is 58.6 Å². The summed E-state index contributed by atoms with van der Waals surface area (Å²) >= 11 is 0. The number of hydrogen-bond acceptors (Lipinski definition) is 4. The summed E-state index contributed by atoms with van der Waals surface area (Å²) in [6.45, 7) is 4.58. The molecule has 0 atom stereocenters. The first kappa shape index (κ1) is 15.3. The Balaban J connectivity index is 2.29. The summed E-state index contributed by atoms with van der Waals surface area (Å²) in [5.41, 5.74) is 6.72. The van der Waals surface area contributed by atoms with Crippen molar-refractivity contribution in [2.45, 2.75) is 26.4 Å². The second-order valence-electron chi connectivity index (χ2n) is 4.89. The van der Waals surface area contributed by atoms with Crippen LogP contribution in [0.1, 0.15) is 18.9 Å². The summed E-state index contributed by atoms with van der Waals surface area (Å²) in [7, 11) is 0. The van der Waals surface area contributed by atoms with E-state index in [-0.39, 0.29) is 5.56 Å². The Morgan fingerprint density at radius 2 is 2.05 bits per heavy atom. The van der Waals surface area contributed by atoms with Gasteiger partial charge in [0.25, 0.3) is 5.56 Å². The van der Waals surface area contributed by atoms with Crippen molar-refractivity contribution < 1.29 is 0 Å². The van der Waals surface area contributed by atoms with Gasteiger partial charge in [-0.05, 0) is 25.5 Å². The molecule has 5 nitrogen and oxygen atoms in total. The number of hydrogen-bond donors (Lipinski definition) is 1. The summed E-state index contributed by atoms with van der Waals surface area (Å²) in [4.78, 5) is 18.7. The molecule has 1 heterocycles. The van der Waals surface area contributed by atoms with Gasteiger partial charge < -0.3 is 15.2 Å². The van der Waals surface area contributed by atoms with Gasteiger partial charge in [-0.2, -0.15) is 0 Å². The quantitative estimate of drug-likeness (QED) is 0.840. The second-order valence-corrected chi connectivity index (χ2v) is 4.89. The molecule has 0 fully saturated rings. The molecule has 0 saturated heterocycles. The maximum absolute atomic E-state index is 12.4. The highest BCUT2D eigenvalue weighted by molar-refractivity contribution is 5.37. The van der Waals surface area contributed by atoms with Crippen LogP contribution >= 0.6 is 0 Å². The monoisotopic (exact) mass is 286 g/mol. The normalized spacial score (nSPS) is 10.6. The van der Waals surface area contributed by atoms with Crippen molar-refractivity contribution >= 4 is 5.82 Å². The predicted molar refractivity (Wildman–Crippen MR) is 85.3 cm³/mol. The van der Waals surface area contributed by atoms with E-state index in [9.17, 15) is 4.79 Å². The zero-order chi connectivity index (χ0) is 15.1. The second kappa shape index (κ2) is 7.59. The van der Waals surface area contributed by atoms with E-state index >= 15 is 0 Å². The molecule has 0 saturated carbocycles. The Hall–Kier alpha value is -2.14. The Morgan fingerprint density at radius 1 is 1.29 bits per heavy atom. The molecule has 0 amide bonds. The zero-order valence-corrected chi connectivity index (χ0v) is 12.4. The van der Waals surface area contributed by atoms with Crippen LogP contribution in [0, 0.1) is 0 Å². The highest BCUT2D eigenvalue weighted by Crippen LogP contribution is 2.11. The van der Waals surface area contributed by atoms with Gasteiger partial charge in [-0.25, -0.2) is 4.98 Å². The molecular formula is C16H22N4O. The Labute approximate surface area is 125 Å². The molecule has 0 bridgehead atoms. The number of aryl methyl sites for hydroxylation is 1. The third kappa shape index (κ3) is 3.92. The summed E-state index contributed by atoms with van der Waals surface area (Å²) in [5, 5.41) is 0. The van der Waals surface area contributed by atoms with E-state index in [0.717, 1.165) is 18.5 Å². The third-order valence-corrected chi connectivity index (χ3v) is 3.38. The standard InChI is InChI=1S/C16H22N4O/c1-2-19-12-10-18-15(16(19)21)20(11-6-9-17)13-14-7-4-3-5-8-14/h3-5,7-8,10,12H,2,6,9,11,13,17H2,1H3. The predicted octanol–water partition coefficient (Wildman–Crippen LogP) is 1.62. The summed E-state index contributed by atoms with van der Waals surface area (Å²) in [6.07, 6.45) is 4.23. The fourth-order valence-corrected chi connectivity index (χ4v) is 2.25. The van der Waals surface area contributed by atoms with Crippen molar-refractivity contribution in [1.29, 1.82) is 0 Å². The van der Waals surface area contributed by atoms with Crippen molar-refractivity contribution in [2.75, 3.05) is 18.0 Å². The van der Waals surface area contributed by atoms with Crippen LogP contribution in [0.15, 0.2) is 47.5 Å². The molecule has 2 N–H and O–H groups in total. The fourth-order valence-electron chi connectivity index (χ4n) is 2.25. The maximum Gasteiger partial charge on any atom is 0.293 e. The molecule has 1 aromatic heterocycles. The van der Waals surface area contributed by atoms with E-state index in [0.29, 0.717) is 25.5 Å². The van der Waals surface area contributed by atoms with Gasteiger partial charge in [0.05, 0.1) is 0 Å². The van der Waals surface area contributed by atoms with E-state index in [4.69, 9.17) is 5.73 Å². The highest BCUT2D eigenvalue weighted by atomic mass is 16.1. The minimum atomic E-state index is -0.0482. The Morgan fingerprint density at radius 3 is 2.71 bits per heavy atom. The minimum absolute atomic E-state index is 0.0482. The highest BCUT2D eigenvalue weighted by Gasteiger charge is 2.13. The Kier molecular flexibility index (Phi) is 5.51. The molecule has 0 radical (unpaired) electrons. The van der Waals surface area contributed by atoms with Crippen LogP contribution < -0.4 is 16.2 Å². The molecule has 0 aliphatic rings. The molecule has 112 valence electrons. The molecule has 0 unspecified atom stereocenters. The van der Waals surface area contributed by atoms with Gasteiger partial charge >= 0.3 is 0 Å². The van der Waals surface area contributed by atoms with Crippen LogP contribution in [0.2, 0.25) is 0 Å². The van der Waals surface area contributed by atoms with Crippen molar-refractivity contribution in [3.63, 3.8) is 0 Å². The lowest BCUT2D eigenvalue weighted by Crippen LogP contribution is -2.34. The van der Waals surface area contributed by atoms with Crippen LogP contribution in [-0.4, -0.2) is 22.6 Å². The van der Waals surface area contributed by atoms with E-state index < -0.39 is 0 Å².